The molecule has 0 saturated carbocycles. The summed E-state index contributed by atoms with van der Waals surface area (Å²) in [5, 5.41) is 2.71. The maximum absolute atomic E-state index is 12.4. The number of hydrogen-bond acceptors (Lipinski definition) is 5. The number of esters is 1. The maximum atomic E-state index is 12.4. The van der Waals surface area contributed by atoms with Crippen LogP contribution >= 0.6 is 0 Å². The van der Waals surface area contributed by atoms with E-state index < -0.39 is 17.8 Å². The summed E-state index contributed by atoms with van der Waals surface area (Å²) in [5.74, 6) is -0.971. The third-order valence-electron chi connectivity index (χ3n) is 4.84. The van der Waals surface area contributed by atoms with Gasteiger partial charge in [-0.2, -0.15) is 0 Å². The summed E-state index contributed by atoms with van der Waals surface area (Å²) in [5.41, 5.74) is 2.30. The fourth-order valence-corrected chi connectivity index (χ4v) is 3.21. The molecule has 1 fully saturated rings. The third-order valence-corrected chi connectivity index (χ3v) is 4.84. The molecule has 1 heterocycles. The lowest BCUT2D eigenvalue weighted by atomic mass is 10.1. The average molecular weight is 410 g/mol. The van der Waals surface area contributed by atoms with Gasteiger partial charge in [-0.05, 0) is 49.2 Å². The minimum Gasteiger partial charge on any atom is -0.494 e. The average Bonchev–Trinajstić information content (AvgIpc) is 3.14. The van der Waals surface area contributed by atoms with Crippen LogP contribution in [-0.2, 0) is 19.1 Å². The lowest BCUT2D eigenvalue weighted by Crippen LogP contribution is -2.28. The maximum Gasteiger partial charge on any atom is 0.311 e. The first-order chi connectivity index (χ1) is 14.5. The van der Waals surface area contributed by atoms with Crippen LogP contribution in [0.2, 0.25) is 0 Å². The van der Waals surface area contributed by atoms with Gasteiger partial charge in [0.25, 0.3) is 5.91 Å². The first kappa shape index (κ1) is 21.4. The van der Waals surface area contributed by atoms with Crippen molar-refractivity contribution < 1.29 is 23.9 Å². The van der Waals surface area contributed by atoms with Gasteiger partial charge in [0.2, 0.25) is 5.91 Å². The van der Waals surface area contributed by atoms with Crippen LogP contribution in [0.25, 0.3) is 0 Å². The number of para-hydroxylation sites is 1. The lowest BCUT2D eigenvalue weighted by Gasteiger charge is -2.17. The number of anilines is 2. The van der Waals surface area contributed by atoms with Crippen LogP contribution in [0.1, 0.15) is 25.3 Å². The van der Waals surface area contributed by atoms with E-state index in [0.717, 1.165) is 17.7 Å². The van der Waals surface area contributed by atoms with Gasteiger partial charge in [0.1, 0.15) is 5.75 Å². The van der Waals surface area contributed by atoms with Crippen LogP contribution in [0.4, 0.5) is 11.4 Å². The summed E-state index contributed by atoms with van der Waals surface area (Å²) in [6, 6.07) is 14.6. The molecule has 2 aromatic rings. The molecule has 2 aromatic carbocycles. The Labute approximate surface area is 176 Å². The second kappa shape index (κ2) is 9.91. The molecule has 0 bridgehead atoms. The highest BCUT2D eigenvalue weighted by atomic mass is 16.5. The van der Waals surface area contributed by atoms with Gasteiger partial charge in [-0.1, -0.05) is 25.1 Å². The summed E-state index contributed by atoms with van der Waals surface area (Å²) in [6.45, 7) is 4.38. The SMILES string of the molecule is CCCOc1ccc(N2C[C@H](C(=O)OCC(=O)Nc3ccccc3C)CC2=O)cc1. The summed E-state index contributed by atoms with van der Waals surface area (Å²) in [7, 11) is 0. The molecule has 3 rings (SSSR count). The number of rotatable bonds is 8. The molecule has 0 aliphatic carbocycles. The summed E-state index contributed by atoms with van der Waals surface area (Å²) in [6.07, 6.45) is 0.978. The quantitative estimate of drug-likeness (QED) is 0.675. The van der Waals surface area contributed by atoms with Crippen LogP contribution < -0.4 is 15.0 Å². The van der Waals surface area contributed by atoms with Gasteiger partial charge in [-0.15, -0.1) is 0 Å². The second-order valence-electron chi connectivity index (χ2n) is 7.22. The zero-order valence-electron chi connectivity index (χ0n) is 17.2. The van der Waals surface area contributed by atoms with Crippen molar-refractivity contribution in [2.24, 2.45) is 5.92 Å². The van der Waals surface area contributed by atoms with Crippen molar-refractivity contribution in [3.63, 3.8) is 0 Å². The Morgan fingerprint density at radius 2 is 1.87 bits per heavy atom. The van der Waals surface area contributed by atoms with Crippen molar-refractivity contribution in [3.05, 3.63) is 54.1 Å². The molecular weight excluding hydrogens is 384 g/mol. The zero-order chi connectivity index (χ0) is 21.5. The molecule has 2 amide bonds. The van der Waals surface area contributed by atoms with Gasteiger partial charge in [0.05, 0.1) is 12.5 Å². The van der Waals surface area contributed by atoms with E-state index >= 15 is 0 Å². The van der Waals surface area contributed by atoms with Crippen molar-refractivity contribution >= 4 is 29.2 Å². The van der Waals surface area contributed by atoms with Crippen LogP contribution in [-0.4, -0.2) is 37.5 Å². The van der Waals surface area contributed by atoms with Crippen LogP contribution in [0, 0.1) is 12.8 Å². The van der Waals surface area contributed by atoms with E-state index in [1.807, 2.05) is 32.0 Å². The minimum absolute atomic E-state index is 0.0618. The number of hydrogen-bond donors (Lipinski definition) is 1. The van der Waals surface area contributed by atoms with Gasteiger partial charge >= 0.3 is 5.97 Å². The fourth-order valence-electron chi connectivity index (χ4n) is 3.21. The third kappa shape index (κ3) is 5.37. The van der Waals surface area contributed by atoms with Crippen LogP contribution in [0.3, 0.4) is 0 Å². The largest absolute Gasteiger partial charge is 0.494 e. The highest BCUT2D eigenvalue weighted by molar-refractivity contribution is 6.00. The molecule has 0 spiro atoms. The first-order valence-corrected chi connectivity index (χ1v) is 10.0. The van der Waals surface area contributed by atoms with Gasteiger partial charge in [0, 0.05) is 24.3 Å². The monoisotopic (exact) mass is 410 g/mol. The molecular formula is C23H26N2O5. The Balaban J connectivity index is 1.51. The standard InChI is InChI=1S/C23H26N2O5/c1-3-12-29-19-10-8-18(9-11-19)25-14-17(13-22(25)27)23(28)30-15-21(26)24-20-7-5-4-6-16(20)2/h4-11,17H,3,12-15H2,1-2H3,(H,24,26)/t17-/m1/s1. The zero-order valence-corrected chi connectivity index (χ0v) is 17.2. The van der Waals surface area contributed by atoms with Crippen molar-refractivity contribution in [2.75, 3.05) is 30.0 Å². The molecule has 1 N–H and O–H groups in total. The molecule has 0 aromatic heterocycles. The topological polar surface area (TPSA) is 84.9 Å². The predicted octanol–water partition coefficient (Wildman–Crippen LogP) is 3.32. The number of nitrogens with zero attached hydrogens (tertiary/aromatic N) is 1. The number of benzene rings is 2. The fraction of sp³-hybridized carbons (Fsp3) is 0.348. The Morgan fingerprint density at radius 1 is 1.13 bits per heavy atom. The van der Waals surface area contributed by atoms with E-state index in [4.69, 9.17) is 9.47 Å². The summed E-state index contributed by atoms with van der Waals surface area (Å²) < 4.78 is 10.7. The Kier molecular flexibility index (Phi) is 7.06. The molecule has 1 aliphatic rings. The second-order valence-corrected chi connectivity index (χ2v) is 7.22. The Bertz CT molecular complexity index is 910. The van der Waals surface area contributed by atoms with Crippen molar-refractivity contribution in [1.29, 1.82) is 0 Å². The first-order valence-electron chi connectivity index (χ1n) is 10.0. The molecule has 158 valence electrons. The highest BCUT2D eigenvalue weighted by Crippen LogP contribution is 2.27. The predicted molar refractivity (Wildman–Crippen MR) is 113 cm³/mol. The molecule has 1 saturated heterocycles. The Morgan fingerprint density at radius 3 is 2.57 bits per heavy atom. The molecule has 0 unspecified atom stereocenters. The normalized spacial score (nSPS) is 15.7. The van der Waals surface area contributed by atoms with E-state index in [0.29, 0.717) is 18.0 Å². The number of carbonyl (C=O) groups excluding carboxylic acids is 3. The van der Waals surface area contributed by atoms with E-state index in [1.165, 1.54) is 0 Å². The van der Waals surface area contributed by atoms with Gasteiger partial charge < -0.3 is 19.7 Å². The van der Waals surface area contributed by atoms with Crippen LogP contribution in [0.5, 0.6) is 5.75 Å². The number of ether oxygens (including phenoxy) is 2. The molecule has 7 heteroatoms. The van der Waals surface area contributed by atoms with E-state index in [2.05, 4.69) is 5.32 Å². The minimum atomic E-state index is -0.597. The molecule has 30 heavy (non-hydrogen) atoms. The smallest absolute Gasteiger partial charge is 0.311 e. The van der Waals surface area contributed by atoms with Crippen LogP contribution in [0.15, 0.2) is 48.5 Å². The van der Waals surface area contributed by atoms with Crippen molar-refractivity contribution in [2.45, 2.75) is 26.7 Å². The van der Waals surface area contributed by atoms with E-state index in [-0.39, 0.29) is 25.5 Å². The number of aryl methyl sites for hydroxylation is 1. The number of amides is 2. The molecule has 1 aliphatic heterocycles. The molecule has 0 radical (unpaired) electrons. The molecule has 7 nitrogen and oxygen atoms in total. The number of nitrogens with one attached hydrogen (secondary N) is 1. The van der Waals surface area contributed by atoms with Gasteiger partial charge in [-0.3, -0.25) is 14.4 Å². The summed E-state index contributed by atoms with van der Waals surface area (Å²) >= 11 is 0. The lowest BCUT2D eigenvalue weighted by molar-refractivity contribution is -0.151. The van der Waals surface area contributed by atoms with E-state index in [1.54, 1.807) is 35.2 Å². The molecule has 1 atom stereocenters. The van der Waals surface area contributed by atoms with E-state index in [9.17, 15) is 14.4 Å². The van der Waals surface area contributed by atoms with Crippen molar-refractivity contribution in [3.8, 4) is 5.75 Å². The van der Waals surface area contributed by atoms with Crippen molar-refractivity contribution in [1.82, 2.24) is 0 Å². The Hall–Kier alpha value is -3.35. The summed E-state index contributed by atoms with van der Waals surface area (Å²) in [4.78, 5) is 38.4. The number of carbonyl (C=O) groups is 3. The van der Waals surface area contributed by atoms with Gasteiger partial charge in [-0.25, -0.2) is 0 Å². The highest BCUT2D eigenvalue weighted by Gasteiger charge is 2.36. The van der Waals surface area contributed by atoms with Gasteiger partial charge in [0.15, 0.2) is 6.61 Å².